The maximum Gasteiger partial charge on any atom is 0.130 e. The zero-order valence-electron chi connectivity index (χ0n) is 12.5. The fraction of sp³-hybridized carbons (Fsp3) is 0.412. The monoisotopic (exact) mass is 282 g/mol. The Labute approximate surface area is 125 Å². The summed E-state index contributed by atoms with van der Waals surface area (Å²) in [5.41, 5.74) is 7.48. The molecule has 3 rings (SSSR count). The van der Waals surface area contributed by atoms with Crippen molar-refractivity contribution in [3.8, 4) is 0 Å². The van der Waals surface area contributed by atoms with E-state index in [2.05, 4.69) is 11.8 Å². The van der Waals surface area contributed by atoms with E-state index in [1.807, 2.05) is 30.3 Å². The van der Waals surface area contributed by atoms with Gasteiger partial charge in [0.15, 0.2) is 0 Å². The Morgan fingerprint density at radius 3 is 2.90 bits per heavy atom. The van der Waals surface area contributed by atoms with Crippen molar-refractivity contribution in [3.63, 3.8) is 0 Å². The number of rotatable bonds is 2. The number of hydrogen-bond acceptors (Lipinski definition) is 3. The van der Waals surface area contributed by atoms with Gasteiger partial charge in [0.2, 0.25) is 0 Å². The van der Waals surface area contributed by atoms with Crippen LogP contribution in [0.25, 0.3) is 10.9 Å². The number of para-hydroxylation sites is 1. The highest BCUT2D eigenvalue weighted by Gasteiger charge is 2.20. The molecule has 0 amide bonds. The number of nitrogens with zero attached hydrogens (tertiary/aromatic N) is 2. The summed E-state index contributed by atoms with van der Waals surface area (Å²) in [5.74, 6) is 1.06. The molecule has 4 nitrogen and oxygen atoms in total. The van der Waals surface area contributed by atoms with Crippen LogP contribution in [0.1, 0.15) is 38.2 Å². The molecule has 1 atom stereocenters. The summed E-state index contributed by atoms with van der Waals surface area (Å²) in [6.45, 7) is 3.29. The van der Waals surface area contributed by atoms with Gasteiger partial charge < -0.3 is 10.6 Å². The molecule has 0 saturated carbocycles. The van der Waals surface area contributed by atoms with Crippen LogP contribution in [0.3, 0.4) is 0 Å². The van der Waals surface area contributed by atoms with Gasteiger partial charge in [-0.15, -0.1) is 0 Å². The molecule has 1 saturated heterocycles. The predicted octanol–water partition coefficient (Wildman–Crippen LogP) is 3.29. The summed E-state index contributed by atoms with van der Waals surface area (Å²) >= 11 is 0. The smallest absolute Gasteiger partial charge is 0.130 e. The third kappa shape index (κ3) is 2.71. The van der Waals surface area contributed by atoms with Crippen LogP contribution in [0.2, 0.25) is 0 Å². The van der Waals surface area contributed by atoms with Gasteiger partial charge in [-0.05, 0) is 31.9 Å². The van der Waals surface area contributed by atoms with Crippen LogP contribution in [-0.2, 0) is 0 Å². The molecule has 1 aromatic carbocycles. The van der Waals surface area contributed by atoms with Crippen molar-refractivity contribution in [1.29, 1.82) is 5.41 Å². The minimum Gasteiger partial charge on any atom is -0.384 e. The molecule has 1 aliphatic heterocycles. The fourth-order valence-electron chi connectivity index (χ4n) is 3.15. The number of amidine groups is 1. The summed E-state index contributed by atoms with van der Waals surface area (Å²) in [6.07, 6.45) is 4.97. The van der Waals surface area contributed by atoms with Crippen LogP contribution in [0.5, 0.6) is 0 Å². The van der Waals surface area contributed by atoms with Crippen LogP contribution in [0.4, 0.5) is 5.82 Å². The molecule has 0 radical (unpaired) electrons. The number of aromatic nitrogens is 1. The van der Waals surface area contributed by atoms with Gasteiger partial charge in [0.1, 0.15) is 11.7 Å². The number of hydrogen-bond donors (Lipinski definition) is 2. The van der Waals surface area contributed by atoms with E-state index >= 15 is 0 Å². The van der Waals surface area contributed by atoms with Crippen LogP contribution >= 0.6 is 0 Å². The van der Waals surface area contributed by atoms with E-state index in [1.54, 1.807) is 0 Å². The molecule has 1 aromatic heterocycles. The second-order valence-corrected chi connectivity index (χ2v) is 5.85. The fourth-order valence-corrected chi connectivity index (χ4v) is 3.15. The van der Waals surface area contributed by atoms with E-state index in [0.29, 0.717) is 6.04 Å². The van der Waals surface area contributed by atoms with Gasteiger partial charge in [-0.25, -0.2) is 4.98 Å². The second-order valence-electron chi connectivity index (χ2n) is 5.85. The molecular formula is C17H22N4. The van der Waals surface area contributed by atoms with Gasteiger partial charge in [-0.1, -0.05) is 31.0 Å². The first-order chi connectivity index (χ1) is 10.2. The molecule has 0 spiro atoms. The molecule has 110 valence electrons. The van der Waals surface area contributed by atoms with E-state index in [9.17, 15) is 0 Å². The Morgan fingerprint density at radius 2 is 2.10 bits per heavy atom. The van der Waals surface area contributed by atoms with Crippen LogP contribution in [0, 0.1) is 5.41 Å². The van der Waals surface area contributed by atoms with Crippen molar-refractivity contribution < 1.29 is 0 Å². The third-order valence-corrected chi connectivity index (χ3v) is 4.34. The molecule has 3 N–H and O–H groups in total. The van der Waals surface area contributed by atoms with Gasteiger partial charge in [0.05, 0.1) is 5.52 Å². The lowest BCUT2D eigenvalue weighted by Gasteiger charge is -2.29. The standard InChI is InChI=1S/C17H22N4/c1-12-7-3-2-6-10-21(12)16-11-14(17(18)19)13-8-4-5-9-15(13)20-16/h4-5,8-9,11-12H,2-3,6-7,10H2,1H3,(H3,18,19). The first kappa shape index (κ1) is 13.9. The van der Waals surface area contributed by atoms with Gasteiger partial charge in [-0.2, -0.15) is 0 Å². The number of pyridine rings is 1. The van der Waals surface area contributed by atoms with Crippen molar-refractivity contribution >= 4 is 22.6 Å². The van der Waals surface area contributed by atoms with E-state index in [0.717, 1.165) is 28.8 Å². The average molecular weight is 282 g/mol. The molecule has 2 aromatic rings. The van der Waals surface area contributed by atoms with Crippen molar-refractivity contribution in [1.82, 2.24) is 4.98 Å². The largest absolute Gasteiger partial charge is 0.384 e. The Bertz CT molecular complexity index is 665. The number of nitrogens with two attached hydrogens (primary N) is 1. The number of anilines is 1. The van der Waals surface area contributed by atoms with Gasteiger partial charge in [-0.3, -0.25) is 5.41 Å². The number of nitrogens with one attached hydrogen (secondary N) is 1. The van der Waals surface area contributed by atoms with Crippen molar-refractivity contribution in [2.75, 3.05) is 11.4 Å². The van der Waals surface area contributed by atoms with E-state index in [-0.39, 0.29) is 5.84 Å². The Balaban J connectivity index is 2.12. The topological polar surface area (TPSA) is 66.0 Å². The summed E-state index contributed by atoms with van der Waals surface area (Å²) < 4.78 is 0. The Morgan fingerprint density at radius 1 is 1.29 bits per heavy atom. The first-order valence-corrected chi connectivity index (χ1v) is 7.67. The van der Waals surface area contributed by atoms with Crippen molar-refractivity contribution in [2.24, 2.45) is 5.73 Å². The lowest BCUT2D eigenvalue weighted by molar-refractivity contribution is 0.612. The van der Waals surface area contributed by atoms with E-state index < -0.39 is 0 Å². The first-order valence-electron chi connectivity index (χ1n) is 7.67. The quantitative estimate of drug-likeness (QED) is 0.656. The third-order valence-electron chi connectivity index (χ3n) is 4.34. The summed E-state index contributed by atoms with van der Waals surface area (Å²) in [4.78, 5) is 7.17. The molecule has 0 aliphatic carbocycles. The number of benzene rings is 1. The normalized spacial score (nSPS) is 19.5. The Kier molecular flexibility index (Phi) is 3.78. The zero-order valence-corrected chi connectivity index (χ0v) is 12.5. The lowest BCUT2D eigenvalue weighted by Crippen LogP contribution is -2.33. The predicted molar refractivity (Wildman–Crippen MR) is 88.0 cm³/mol. The molecule has 1 fully saturated rings. The number of nitrogen functional groups attached to an aromatic ring is 1. The summed E-state index contributed by atoms with van der Waals surface area (Å²) in [6, 6.07) is 10.4. The highest BCUT2D eigenvalue weighted by atomic mass is 15.2. The minimum atomic E-state index is 0.109. The molecule has 1 aliphatic rings. The minimum absolute atomic E-state index is 0.109. The molecular weight excluding hydrogens is 260 g/mol. The van der Waals surface area contributed by atoms with Gasteiger partial charge >= 0.3 is 0 Å². The van der Waals surface area contributed by atoms with Crippen LogP contribution in [0.15, 0.2) is 30.3 Å². The zero-order chi connectivity index (χ0) is 14.8. The van der Waals surface area contributed by atoms with Crippen molar-refractivity contribution in [2.45, 2.75) is 38.6 Å². The van der Waals surface area contributed by atoms with Gasteiger partial charge in [0, 0.05) is 23.5 Å². The van der Waals surface area contributed by atoms with E-state index in [4.69, 9.17) is 16.1 Å². The lowest BCUT2D eigenvalue weighted by atomic mass is 10.1. The second kappa shape index (κ2) is 5.72. The maximum atomic E-state index is 7.85. The van der Waals surface area contributed by atoms with Gasteiger partial charge in [0.25, 0.3) is 0 Å². The number of fused-ring (bicyclic) bond motifs is 1. The molecule has 21 heavy (non-hydrogen) atoms. The van der Waals surface area contributed by atoms with Crippen molar-refractivity contribution in [3.05, 3.63) is 35.9 Å². The molecule has 4 heteroatoms. The van der Waals surface area contributed by atoms with Crippen LogP contribution < -0.4 is 10.6 Å². The summed E-state index contributed by atoms with van der Waals surface area (Å²) in [5, 5.41) is 8.81. The molecule has 0 bridgehead atoms. The summed E-state index contributed by atoms with van der Waals surface area (Å²) in [7, 11) is 0. The maximum absolute atomic E-state index is 7.85. The Hall–Kier alpha value is -2.10. The molecule has 1 unspecified atom stereocenters. The van der Waals surface area contributed by atoms with Crippen LogP contribution in [-0.4, -0.2) is 23.4 Å². The van der Waals surface area contributed by atoms with E-state index in [1.165, 1.54) is 25.7 Å². The average Bonchev–Trinajstić information content (AvgIpc) is 2.70. The highest BCUT2D eigenvalue weighted by Crippen LogP contribution is 2.27. The molecule has 2 heterocycles. The highest BCUT2D eigenvalue weighted by molar-refractivity contribution is 6.07. The SMILES string of the molecule is CC1CCCCCN1c1cc(C(=N)N)c2ccccc2n1.